The van der Waals surface area contributed by atoms with Crippen molar-refractivity contribution >= 4 is 5.95 Å². The summed E-state index contributed by atoms with van der Waals surface area (Å²) in [6.07, 6.45) is -2.94. The Bertz CT molecular complexity index is 675. The van der Waals surface area contributed by atoms with E-state index in [0.29, 0.717) is 24.1 Å². The van der Waals surface area contributed by atoms with Gasteiger partial charge in [0.15, 0.2) is 5.69 Å². The van der Waals surface area contributed by atoms with E-state index in [1.165, 1.54) is 10.6 Å². The van der Waals surface area contributed by atoms with Gasteiger partial charge in [-0.2, -0.15) is 13.2 Å². The molecule has 3 nitrogen and oxygen atoms in total. The van der Waals surface area contributed by atoms with E-state index in [4.69, 9.17) is 0 Å². The topological polar surface area (TPSA) is 29.9 Å². The van der Waals surface area contributed by atoms with Gasteiger partial charge in [0, 0.05) is 12.7 Å². The fourth-order valence-electron chi connectivity index (χ4n) is 2.50. The molecule has 1 N–H and O–H groups in total. The van der Waals surface area contributed by atoms with E-state index in [2.05, 4.69) is 10.3 Å². The molecule has 0 aliphatic carbocycles. The van der Waals surface area contributed by atoms with Crippen LogP contribution in [0.15, 0.2) is 24.4 Å². The molecule has 2 heterocycles. The van der Waals surface area contributed by atoms with E-state index in [1.54, 1.807) is 19.1 Å². The van der Waals surface area contributed by atoms with Gasteiger partial charge >= 0.3 is 6.18 Å². The van der Waals surface area contributed by atoms with Crippen LogP contribution in [0.3, 0.4) is 0 Å². The number of halogens is 4. The number of hydrogen-bond donors (Lipinski definition) is 1. The van der Waals surface area contributed by atoms with Crippen LogP contribution in [0.25, 0.3) is 0 Å². The van der Waals surface area contributed by atoms with Crippen LogP contribution >= 0.6 is 0 Å². The lowest BCUT2D eigenvalue weighted by Gasteiger charge is -2.26. The number of anilines is 1. The standard InChI is InChI=1S/C14H13F4N3/c1-8-2-3-9(6-10(8)15)11-4-5-19-13-20-12(7-21(11)13)14(16,17)18/h2-3,6-7,11H,4-5H2,1H3,(H,19,20). The highest BCUT2D eigenvalue weighted by atomic mass is 19.4. The Morgan fingerprint density at radius 1 is 1.33 bits per heavy atom. The van der Waals surface area contributed by atoms with Crippen LogP contribution in [0.1, 0.15) is 29.3 Å². The van der Waals surface area contributed by atoms with Gasteiger partial charge in [0.1, 0.15) is 5.82 Å². The van der Waals surface area contributed by atoms with Crippen molar-refractivity contribution in [3.05, 3.63) is 47.0 Å². The van der Waals surface area contributed by atoms with Crippen LogP contribution in [-0.4, -0.2) is 16.1 Å². The quantitative estimate of drug-likeness (QED) is 0.813. The Morgan fingerprint density at radius 3 is 2.76 bits per heavy atom. The second kappa shape index (κ2) is 4.75. The van der Waals surface area contributed by atoms with Crippen LogP contribution in [0.5, 0.6) is 0 Å². The Hall–Kier alpha value is -2.05. The summed E-state index contributed by atoms with van der Waals surface area (Å²) in [5.74, 6) is -0.191. The first kappa shape index (κ1) is 13.9. The maximum absolute atomic E-state index is 13.7. The van der Waals surface area contributed by atoms with Crippen molar-refractivity contribution in [3.8, 4) is 0 Å². The first-order valence-electron chi connectivity index (χ1n) is 6.52. The van der Waals surface area contributed by atoms with Crippen molar-refractivity contribution in [3.63, 3.8) is 0 Å². The molecule has 0 bridgehead atoms. The number of nitrogens with zero attached hydrogens (tertiary/aromatic N) is 2. The number of imidazole rings is 1. The zero-order chi connectivity index (χ0) is 15.2. The van der Waals surface area contributed by atoms with Crippen LogP contribution in [0.2, 0.25) is 0 Å². The molecular weight excluding hydrogens is 286 g/mol. The van der Waals surface area contributed by atoms with E-state index < -0.39 is 11.9 Å². The first-order chi connectivity index (χ1) is 9.86. The number of rotatable bonds is 1. The number of nitrogens with one attached hydrogen (secondary N) is 1. The van der Waals surface area contributed by atoms with Crippen molar-refractivity contribution in [1.29, 1.82) is 0 Å². The molecule has 1 aromatic carbocycles. The average molecular weight is 299 g/mol. The van der Waals surface area contributed by atoms with E-state index in [-0.39, 0.29) is 17.8 Å². The number of benzene rings is 1. The summed E-state index contributed by atoms with van der Waals surface area (Å²) in [6, 6.07) is 4.40. The van der Waals surface area contributed by atoms with Crippen LogP contribution in [-0.2, 0) is 6.18 Å². The van der Waals surface area contributed by atoms with Gasteiger partial charge in [0.2, 0.25) is 5.95 Å². The van der Waals surface area contributed by atoms with Crippen LogP contribution in [0, 0.1) is 12.7 Å². The molecule has 7 heteroatoms. The summed E-state index contributed by atoms with van der Waals surface area (Å²) >= 11 is 0. The lowest BCUT2D eigenvalue weighted by molar-refractivity contribution is -0.140. The summed E-state index contributed by atoms with van der Waals surface area (Å²) in [7, 11) is 0. The fourth-order valence-corrected chi connectivity index (χ4v) is 2.50. The van der Waals surface area contributed by atoms with Crippen molar-refractivity contribution in [2.24, 2.45) is 0 Å². The first-order valence-corrected chi connectivity index (χ1v) is 6.52. The van der Waals surface area contributed by atoms with Crippen molar-refractivity contribution in [2.75, 3.05) is 11.9 Å². The van der Waals surface area contributed by atoms with Crippen LogP contribution < -0.4 is 5.32 Å². The maximum Gasteiger partial charge on any atom is 0.434 e. The third-order valence-electron chi connectivity index (χ3n) is 3.64. The van der Waals surface area contributed by atoms with Gasteiger partial charge < -0.3 is 9.88 Å². The van der Waals surface area contributed by atoms with Crippen LogP contribution in [0.4, 0.5) is 23.5 Å². The average Bonchev–Trinajstić information content (AvgIpc) is 2.86. The van der Waals surface area contributed by atoms with Gasteiger partial charge in [-0.15, -0.1) is 0 Å². The molecule has 3 rings (SSSR count). The fraction of sp³-hybridized carbons (Fsp3) is 0.357. The van der Waals surface area contributed by atoms with Gasteiger partial charge in [-0.05, 0) is 30.5 Å². The molecule has 1 aromatic heterocycles. The molecule has 0 fully saturated rings. The lowest BCUT2D eigenvalue weighted by atomic mass is 10.0. The summed E-state index contributed by atoms with van der Waals surface area (Å²) in [5.41, 5.74) is 0.214. The second-order valence-electron chi connectivity index (χ2n) is 5.09. The summed E-state index contributed by atoms with van der Waals surface area (Å²) < 4.78 is 53.4. The minimum atomic E-state index is -4.49. The van der Waals surface area contributed by atoms with Gasteiger partial charge in [-0.1, -0.05) is 12.1 Å². The Balaban J connectivity index is 2.03. The molecule has 0 radical (unpaired) electrons. The van der Waals surface area contributed by atoms with Crippen molar-refractivity contribution < 1.29 is 17.6 Å². The smallest absolute Gasteiger partial charge is 0.356 e. The molecule has 0 saturated carbocycles. The van der Waals surface area contributed by atoms with Crippen molar-refractivity contribution in [1.82, 2.24) is 9.55 Å². The number of hydrogen-bond acceptors (Lipinski definition) is 2. The van der Waals surface area contributed by atoms with E-state index in [1.807, 2.05) is 0 Å². The Kier molecular flexibility index (Phi) is 3.15. The molecule has 0 amide bonds. The minimum Gasteiger partial charge on any atom is -0.356 e. The molecule has 21 heavy (non-hydrogen) atoms. The van der Waals surface area contributed by atoms with Gasteiger partial charge in [-0.25, -0.2) is 9.37 Å². The Labute approximate surface area is 118 Å². The molecule has 1 aliphatic heterocycles. The molecule has 1 aliphatic rings. The van der Waals surface area contributed by atoms with Gasteiger partial charge in [0.25, 0.3) is 0 Å². The highest BCUT2D eigenvalue weighted by Gasteiger charge is 2.36. The molecule has 1 atom stereocenters. The van der Waals surface area contributed by atoms with E-state index in [9.17, 15) is 17.6 Å². The predicted octanol–water partition coefficient (Wildman–Crippen LogP) is 3.75. The molecule has 2 aromatic rings. The number of fused-ring (bicyclic) bond motifs is 1. The number of aromatic nitrogens is 2. The SMILES string of the molecule is Cc1ccc(C2CCNc3nc(C(F)(F)F)cn32)cc1F. The normalized spacial score (nSPS) is 18.2. The zero-order valence-corrected chi connectivity index (χ0v) is 11.2. The monoisotopic (exact) mass is 299 g/mol. The largest absolute Gasteiger partial charge is 0.434 e. The minimum absolute atomic E-state index is 0.166. The molecule has 0 saturated heterocycles. The summed E-state index contributed by atoms with van der Waals surface area (Å²) in [4.78, 5) is 3.57. The highest BCUT2D eigenvalue weighted by molar-refractivity contribution is 5.37. The molecule has 0 spiro atoms. The molecular formula is C14H13F4N3. The summed E-state index contributed by atoms with van der Waals surface area (Å²) in [5, 5.41) is 2.84. The third kappa shape index (κ3) is 2.48. The van der Waals surface area contributed by atoms with Gasteiger partial charge in [0.05, 0.1) is 6.04 Å². The van der Waals surface area contributed by atoms with E-state index >= 15 is 0 Å². The second-order valence-corrected chi connectivity index (χ2v) is 5.09. The van der Waals surface area contributed by atoms with Gasteiger partial charge in [-0.3, -0.25) is 0 Å². The van der Waals surface area contributed by atoms with E-state index in [0.717, 1.165) is 6.20 Å². The van der Waals surface area contributed by atoms with Crippen molar-refractivity contribution in [2.45, 2.75) is 25.6 Å². The summed E-state index contributed by atoms with van der Waals surface area (Å²) in [6.45, 7) is 2.14. The molecule has 1 unspecified atom stereocenters. The lowest BCUT2D eigenvalue weighted by Crippen LogP contribution is -2.23. The third-order valence-corrected chi connectivity index (χ3v) is 3.64. The Morgan fingerprint density at radius 2 is 2.10 bits per heavy atom. The highest BCUT2D eigenvalue weighted by Crippen LogP contribution is 2.35. The zero-order valence-electron chi connectivity index (χ0n) is 11.2. The number of aryl methyl sites for hydroxylation is 1. The predicted molar refractivity (Wildman–Crippen MR) is 69.6 cm³/mol. The maximum atomic E-state index is 13.7. The number of alkyl halides is 3. The molecule has 112 valence electrons.